The van der Waals surface area contributed by atoms with E-state index in [-0.39, 0.29) is 12.0 Å². The zero-order chi connectivity index (χ0) is 28.8. The first-order valence-electron chi connectivity index (χ1n) is 14.6. The summed E-state index contributed by atoms with van der Waals surface area (Å²) in [6.45, 7) is 4.42. The largest absolute Gasteiger partial charge is 0.439 e. The van der Waals surface area contributed by atoms with Crippen LogP contribution in [0.1, 0.15) is 79.3 Å². The van der Waals surface area contributed by atoms with Crippen LogP contribution in [0, 0.1) is 12.3 Å². The third-order valence-corrected chi connectivity index (χ3v) is 8.74. The maximum absolute atomic E-state index is 13.9. The van der Waals surface area contributed by atoms with Crippen LogP contribution >= 0.6 is 0 Å². The van der Waals surface area contributed by atoms with E-state index in [4.69, 9.17) is 14.0 Å². The highest BCUT2D eigenvalue weighted by atomic mass is 16.5. The molecule has 2 fully saturated rings. The quantitative estimate of drug-likeness (QED) is 0.245. The number of aromatic amines is 1. The van der Waals surface area contributed by atoms with E-state index in [0.29, 0.717) is 40.9 Å². The minimum atomic E-state index is -0.598. The predicted molar refractivity (Wildman–Crippen MR) is 155 cm³/mol. The van der Waals surface area contributed by atoms with Gasteiger partial charge < -0.3 is 4.52 Å². The Labute approximate surface area is 241 Å². The lowest BCUT2D eigenvalue weighted by Crippen LogP contribution is -2.30. The molecule has 0 amide bonds. The summed E-state index contributed by atoms with van der Waals surface area (Å²) in [4.78, 5) is 37.6. The van der Waals surface area contributed by atoms with Gasteiger partial charge in [0.25, 0.3) is 5.56 Å². The number of hydrogen-bond donors (Lipinski definition) is 1. The van der Waals surface area contributed by atoms with E-state index in [2.05, 4.69) is 27.2 Å². The third-order valence-electron chi connectivity index (χ3n) is 8.74. The van der Waals surface area contributed by atoms with Gasteiger partial charge in [-0.05, 0) is 54.7 Å². The molecule has 3 aromatic heterocycles. The molecule has 0 aliphatic heterocycles. The molecule has 2 aromatic carbocycles. The van der Waals surface area contributed by atoms with Crippen LogP contribution in [0.25, 0.3) is 22.5 Å². The molecule has 2 aliphatic carbocycles. The Kier molecular flexibility index (Phi) is 6.48. The van der Waals surface area contributed by atoms with E-state index < -0.39 is 5.76 Å². The topological polar surface area (TPSA) is 133 Å². The van der Waals surface area contributed by atoms with Gasteiger partial charge in [0.2, 0.25) is 5.89 Å². The number of rotatable bonds is 10. The zero-order valence-electron chi connectivity index (χ0n) is 23.7. The van der Waals surface area contributed by atoms with Gasteiger partial charge in [0.1, 0.15) is 5.82 Å². The van der Waals surface area contributed by atoms with Crippen molar-refractivity contribution in [2.45, 2.75) is 71.3 Å². The predicted octanol–water partition coefficient (Wildman–Crippen LogP) is 5.19. The Bertz CT molecular complexity index is 1880. The molecule has 3 heterocycles. The fourth-order valence-electron chi connectivity index (χ4n) is 5.97. The molecule has 42 heavy (non-hydrogen) atoms. The molecule has 10 heteroatoms. The van der Waals surface area contributed by atoms with Crippen molar-refractivity contribution >= 4 is 0 Å². The minimum absolute atomic E-state index is 0.0668. The molecule has 7 rings (SSSR count). The Morgan fingerprint density at radius 3 is 2.48 bits per heavy atom. The maximum Gasteiger partial charge on any atom is 0.439 e. The highest BCUT2D eigenvalue weighted by molar-refractivity contribution is 5.80. The Balaban J connectivity index is 1.17. The van der Waals surface area contributed by atoms with Crippen molar-refractivity contribution in [2.75, 3.05) is 0 Å². The van der Waals surface area contributed by atoms with E-state index >= 15 is 0 Å². The first kappa shape index (κ1) is 26.3. The first-order chi connectivity index (χ1) is 20.4. The van der Waals surface area contributed by atoms with Gasteiger partial charge in [0.15, 0.2) is 11.6 Å². The molecule has 214 valence electrons. The van der Waals surface area contributed by atoms with Crippen molar-refractivity contribution in [1.82, 2.24) is 29.8 Å². The molecule has 2 saturated carbocycles. The summed E-state index contributed by atoms with van der Waals surface area (Å²) < 4.78 is 12.1. The first-order valence-corrected chi connectivity index (χ1v) is 14.6. The summed E-state index contributed by atoms with van der Waals surface area (Å²) in [5, 5.41) is 8.09. The second-order valence-corrected chi connectivity index (χ2v) is 11.6. The van der Waals surface area contributed by atoms with Gasteiger partial charge >= 0.3 is 5.76 Å². The van der Waals surface area contributed by atoms with Crippen LogP contribution in [0.2, 0.25) is 0 Å². The van der Waals surface area contributed by atoms with Gasteiger partial charge in [-0.1, -0.05) is 72.2 Å². The number of unbranched alkanes of at least 4 members (excludes halogenated alkanes) is 1. The smallest absolute Gasteiger partial charge is 0.339 e. The molecule has 5 aromatic rings. The standard InChI is InChI=1S/C32H32N6O4/c1-3-4-9-26-33-19(2)24(16-27-34-29(37-41-27)25-17-32(25)14-15-32)30(39)38(26)18-20-10-12-21(13-11-20)22-7-5-6-8-23(22)28-35-31(40)42-36-28/h5-8,10-13,25H,3-4,9,14-18H2,1-2H3,(H,35,36,40). The minimum Gasteiger partial charge on any atom is -0.339 e. The summed E-state index contributed by atoms with van der Waals surface area (Å²) >= 11 is 0. The second kappa shape index (κ2) is 10.3. The van der Waals surface area contributed by atoms with Gasteiger partial charge in [-0.15, -0.1) is 0 Å². The van der Waals surface area contributed by atoms with Crippen LogP contribution < -0.4 is 11.3 Å². The lowest BCUT2D eigenvalue weighted by Gasteiger charge is -2.16. The number of hydrogen-bond acceptors (Lipinski definition) is 8. The van der Waals surface area contributed by atoms with E-state index in [1.807, 2.05) is 55.5 Å². The number of nitrogens with zero attached hydrogens (tertiary/aromatic N) is 5. The van der Waals surface area contributed by atoms with Gasteiger partial charge in [-0.3, -0.25) is 18.9 Å². The monoisotopic (exact) mass is 564 g/mol. The summed E-state index contributed by atoms with van der Waals surface area (Å²) in [6, 6.07) is 15.7. The molecule has 1 spiro atoms. The van der Waals surface area contributed by atoms with Gasteiger partial charge in [0, 0.05) is 29.2 Å². The molecule has 2 aliphatic rings. The molecule has 1 atom stereocenters. The number of benzene rings is 2. The maximum atomic E-state index is 13.9. The third kappa shape index (κ3) is 4.91. The lowest BCUT2D eigenvalue weighted by atomic mass is 9.98. The van der Waals surface area contributed by atoms with E-state index in [1.54, 1.807) is 4.57 Å². The van der Waals surface area contributed by atoms with Gasteiger partial charge in [0.05, 0.1) is 13.0 Å². The van der Waals surface area contributed by atoms with Crippen LogP contribution in [0.15, 0.2) is 67.2 Å². The van der Waals surface area contributed by atoms with Gasteiger partial charge in [-0.2, -0.15) is 4.98 Å². The second-order valence-electron chi connectivity index (χ2n) is 11.6. The van der Waals surface area contributed by atoms with Crippen molar-refractivity contribution in [3.63, 3.8) is 0 Å². The van der Waals surface area contributed by atoms with Crippen LogP contribution in [0.5, 0.6) is 0 Å². The van der Waals surface area contributed by atoms with Crippen molar-refractivity contribution < 1.29 is 9.05 Å². The summed E-state index contributed by atoms with van der Waals surface area (Å²) in [5.74, 6) is 2.23. The number of aromatic nitrogens is 6. The Morgan fingerprint density at radius 1 is 1.00 bits per heavy atom. The molecule has 0 radical (unpaired) electrons. The van der Waals surface area contributed by atoms with Crippen LogP contribution in [0.4, 0.5) is 0 Å². The van der Waals surface area contributed by atoms with Crippen molar-refractivity contribution in [3.8, 4) is 22.5 Å². The SMILES string of the molecule is CCCCc1nc(C)c(Cc2nc(C3CC34CC4)no2)c(=O)n1Cc1ccc(-c2ccccc2-c2noc(=O)[nH]2)cc1. The zero-order valence-corrected chi connectivity index (χ0v) is 23.7. The van der Waals surface area contributed by atoms with E-state index in [0.717, 1.165) is 59.6 Å². The molecule has 0 bridgehead atoms. The highest BCUT2D eigenvalue weighted by Gasteiger charge is 2.65. The number of aryl methyl sites for hydroxylation is 2. The Morgan fingerprint density at radius 2 is 1.79 bits per heavy atom. The fraction of sp³-hybridized carbons (Fsp3) is 0.375. The molecule has 1 N–H and O–H groups in total. The highest BCUT2D eigenvalue weighted by Crippen LogP contribution is 2.74. The molecule has 10 nitrogen and oxygen atoms in total. The van der Waals surface area contributed by atoms with Crippen molar-refractivity contribution in [2.24, 2.45) is 5.41 Å². The molecular formula is C32H32N6O4. The van der Waals surface area contributed by atoms with Crippen LogP contribution in [-0.4, -0.2) is 29.8 Å². The number of nitrogens with one attached hydrogen (secondary N) is 1. The summed E-state index contributed by atoms with van der Waals surface area (Å²) in [5.41, 5.74) is 5.29. The molecule has 0 saturated heterocycles. The van der Waals surface area contributed by atoms with E-state index in [1.165, 1.54) is 12.8 Å². The molecule has 1 unspecified atom stereocenters. The van der Waals surface area contributed by atoms with Crippen LogP contribution in [-0.2, 0) is 19.4 Å². The van der Waals surface area contributed by atoms with Crippen molar-refractivity contribution in [1.29, 1.82) is 0 Å². The average Bonchev–Trinajstić information content (AvgIpc) is 3.81. The number of H-pyrrole nitrogens is 1. The molecular weight excluding hydrogens is 532 g/mol. The van der Waals surface area contributed by atoms with Crippen molar-refractivity contribution in [3.05, 3.63) is 104 Å². The summed E-state index contributed by atoms with van der Waals surface area (Å²) in [6.07, 6.45) is 6.61. The van der Waals surface area contributed by atoms with E-state index in [9.17, 15) is 9.59 Å². The Hall–Kier alpha value is -4.60. The average molecular weight is 565 g/mol. The summed E-state index contributed by atoms with van der Waals surface area (Å²) in [7, 11) is 0. The normalized spacial score (nSPS) is 16.7. The van der Waals surface area contributed by atoms with Crippen LogP contribution in [0.3, 0.4) is 0 Å². The van der Waals surface area contributed by atoms with Gasteiger partial charge in [-0.25, -0.2) is 9.78 Å². The lowest BCUT2D eigenvalue weighted by molar-refractivity contribution is 0.378. The fourth-order valence-corrected chi connectivity index (χ4v) is 5.97.